The summed E-state index contributed by atoms with van der Waals surface area (Å²) in [6, 6.07) is 16.1. The van der Waals surface area contributed by atoms with Gasteiger partial charge in [-0.15, -0.1) is 0 Å². The van der Waals surface area contributed by atoms with Gasteiger partial charge in [-0.1, -0.05) is 54.6 Å². The van der Waals surface area contributed by atoms with Crippen LogP contribution in [0.3, 0.4) is 0 Å². The maximum atomic E-state index is 12.7. The number of aliphatic carboxylic acids is 3. The zero-order valence-corrected chi connectivity index (χ0v) is 27.7. The first kappa shape index (κ1) is 38.9. The fraction of sp³-hybridized carbons (Fsp3) is 0.486. The van der Waals surface area contributed by atoms with Crippen LogP contribution < -0.4 is 5.32 Å². The number of hydrogen-bond donors (Lipinski definition) is 4. The van der Waals surface area contributed by atoms with Gasteiger partial charge in [0.15, 0.2) is 5.78 Å². The van der Waals surface area contributed by atoms with E-state index >= 15 is 0 Å². The molecule has 0 saturated carbocycles. The van der Waals surface area contributed by atoms with Gasteiger partial charge in [0, 0.05) is 77.3 Å². The Morgan fingerprint density at radius 3 is 1.78 bits per heavy atom. The van der Waals surface area contributed by atoms with Crippen molar-refractivity contribution >= 4 is 35.9 Å². The van der Waals surface area contributed by atoms with Crippen molar-refractivity contribution in [2.24, 2.45) is 0 Å². The summed E-state index contributed by atoms with van der Waals surface area (Å²) in [7, 11) is 0. The second kappa shape index (κ2) is 20.8. The van der Waals surface area contributed by atoms with Crippen molar-refractivity contribution in [1.82, 2.24) is 24.9 Å². The van der Waals surface area contributed by atoms with E-state index in [-0.39, 0.29) is 83.3 Å². The minimum absolute atomic E-state index is 0.00360. The average Bonchev–Trinajstić information content (AvgIpc) is 3.07. The summed E-state index contributed by atoms with van der Waals surface area (Å²) in [6.45, 7) is 2.21. The van der Waals surface area contributed by atoms with Crippen LogP contribution in [0.15, 0.2) is 54.6 Å². The number of nitrogens with one attached hydrogen (secondary N) is 1. The Bertz CT molecular complexity index is 1390. The number of benzene rings is 2. The number of carboxylic acid groups (broad SMARTS) is 3. The van der Waals surface area contributed by atoms with Gasteiger partial charge in [0.25, 0.3) is 0 Å². The molecule has 1 unspecified atom stereocenters. The van der Waals surface area contributed by atoms with Gasteiger partial charge in [-0.3, -0.25) is 43.6 Å². The van der Waals surface area contributed by atoms with Crippen molar-refractivity contribution in [3.63, 3.8) is 0 Å². The zero-order chi connectivity index (χ0) is 35.6. The maximum Gasteiger partial charge on any atom is 0.320 e. The second-order valence-corrected chi connectivity index (χ2v) is 12.1. The van der Waals surface area contributed by atoms with Crippen molar-refractivity contribution in [3.05, 3.63) is 60.2 Å². The highest BCUT2D eigenvalue weighted by Crippen LogP contribution is 2.20. The standard InChI is InChI=1S/C35H47N5O9/c41-24-23-37-15-16-38(25-33(44)45)17-18-39(26-34(46)47)20-22-40(21-19-37)30(35(48)49)7-4-14-36-32(43)13-12-31(42)29-10-8-28(9-11-29)27-5-2-1-3-6-27/h1-3,5-6,8-11,24,30H,4,7,12-23,25-26H2,(H,36,43)(H,44,45)(H,46,47)(H,48,49). The van der Waals surface area contributed by atoms with Crippen LogP contribution in [0.2, 0.25) is 0 Å². The topological polar surface area (TPSA) is 188 Å². The summed E-state index contributed by atoms with van der Waals surface area (Å²) in [6.07, 6.45) is 1.36. The number of nitrogens with zero attached hydrogens (tertiary/aromatic N) is 4. The van der Waals surface area contributed by atoms with Crippen molar-refractivity contribution < 1.29 is 44.1 Å². The fourth-order valence-corrected chi connectivity index (χ4v) is 5.78. The van der Waals surface area contributed by atoms with Crippen molar-refractivity contribution in [3.8, 4) is 11.1 Å². The molecule has 1 heterocycles. The molecule has 1 aliphatic rings. The number of Topliss-reactive ketones (excluding diaryl/α,β-unsaturated/α-hetero) is 1. The Balaban J connectivity index is 1.53. The lowest BCUT2D eigenvalue weighted by molar-refractivity contribution is -0.144. The highest BCUT2D eigenvalue weighted by molar-refractivity contribution is 5.98. The molecule has 266 valence electrons. The number of amides is 1. The molecule has 4 N–H and O–H groups in total. The lowest BCUT2D eigenvalue weighted by Crippen LogP contribution is -2.51. The molecule has 14 nitrogen and oxygen atoms in total. The van der Waals surface area contributed by atoms with Crippen LogP contribution in [0.1, 0.15) is 36.0 Å². The molecule has 1 atom stereocenters. The van der Waals surface area contributed by atoms with E-state index in [2.05, 4.69) is 5.32 Å². The Morgan fingerprint density at radius 1 is 0.694 bits per heavy atom. The number of ketones is 1. The molecule has 1 saturated heterocycles. The number of hydrogen-bond acceptors (Lipinski definition) is 10. The van der Waals surface area contributed by atoms with E-state index < -0.39 is 23.9 Å². The molecule has 14 heteroatoms. The molecule has 0 spiro atoms. The summed E-state index contributed by atoms with van der Waals surface area (Å²) in [5.74, 6) is -3.57. The monoisotopic (exact) mass is 681 g/mol. The van der Waals surface area contributed by atoms with Gasteiger partial charge in [-0.05, 0) is 24.0 Å². The van der Waals surface area contributed by atoms with Gasteiger partial charge in [-0.2, -0.15) is 0 Å². The zero-order valence-electron chi connectivity index (χ0n) is 27.7. The third kappa shape index (κ3) is 14.3. The average molecular weight is 682 g/mol. The Labute approximate surface area is 286 Å². The van der Waals surface area contributed by atoms with Crippen LogP contribution >= 0.6 is 0 Å². The van der Waals surface area contributed by atoms with Crippen LogP contribution in [0.4, 0.5) is 0 Å². The van der Waals surface area contributed by atoms with Crippen LogP contribution in [0.5, 0.6) is 0 Å². The van der Waals surface area contributed by atoms with E-state index in [1.165, 1.54) is 0 Å². The normalized spacial score (nSPS) is 16.5. The van der Waals surface area contributed by atoms with Gasteiger partial charge in [0.1, 0.15) is 12.3 Å². The SMILES string of the molecule is O=CCN1CCN(CC(=O)O)CCN(CC(=O)O)CCN(C(CCCNC(=O)CCC(=O)c2ccc(-c3ccccc3)cc2)C(=O)O)CC1. The number of carboxylic acids is 3. The molecule has 49 heavy (non-hydrogen) atoms. The molecule has 2 aromatic carbocycles. The van der Waals surface area contributed by atoms with Crippen molar-refractivity contribution in [2.45, 2.75) is 31.7 Å². The summed E-state index contributed by atoms with van der Waals surface area (Å²) < 4.78 is 0. The largest absolute Gasteiger partial charge is 0.480 e. The lowest BCUT2D eigenvalue weighted by atomic mass is 10.0. The molecule has 0 aliphatic carbocycles. The van der Waals surface area contributed by atoms with Gasteiger partial charge in [-0.25, -0.2) is 0 Å². The molecule has 0 radical (unpaired) electrons. The Hall–Kier alpha value is -4.50. The van der Waals surface area contributed by atoms with Crippen LogP contribution in [0, 0.1) is 0 Å². The van der Waals surface area contributed by atoms with Crippen LogP contribution in [0.25, 0.3) is 11.1 Å². The molecule has 0 bridgehead atoms. The third-order valence-corrected chi connectivity index (χ3v) is 8.52. The lowest BCUT2D eigenvalue weighted by Gasteiger charge is -2.35. The van der Waals surface area contributed by atoms with E-state index in [4.69, 9.17) is 0 Å². The minimum atomic E-state index is -1.05. The highest BCUT2D eigenvalue weighted by Gasteiger charge is 2.27. The molecule has 1 aliphatic heterocycles. The van der Waals surface area contributed by atoms with Crippen LogP contribution in [-0.4, -0.2) is 155 Å². The smallest absolute Gasteiger partial charge is 0.320 e. The van der Waals surface area contributed by atoms with Crippen molar-refractivity contribution in [1.29, 1.82) is 0 Å². The summed E-state index contributed by atoms with van der Waals surface area (Å²) in [5, 5.41) is 31.7. The van der Waals surface area contributed by atoms with E-state index in [1.807, 2.05) is 47.4 Å². The number of carbonyl (C=O) groups is 6. The Morgan fingerprint density at radius 2 is 1.22 bits per heavy atom. The first-order valence-electron chi connectivity index (χ1n) is 16.5. The van der Waals surface area contributed by atoms with Crippen LogP contribution in [-0.2, 0) is 24.0 Å². The molecular weight excluding hydrogens is 634 g/mol. The predicted molar refractivity (Wildman–Crippen MR) is 181 cm³/mol. The molecule has 1 fully saturated rings. The number of carbonyl (C=O) groups excluding carboxylic acids is 3. The molecular formula is C35H47N5O9. The summed E-state index contributed by atoms with van der Waals surface area (Å²) >= 11 is 0. The van der Waals surface area contributed by atoms with E-state index in [1.54, 1.807) is 26.8 Å². The number of rotatable bonds is 17. The number of aldehydes is 1. The molecule has 3 rings (SSSR count). The molecule has 0 aromatic heterocycles. The maximum absolute atomic E-state index is 12.7. The van der Waals surface area contributed by atoms with E-state index in [0.29, 0.717) is 38.2 Å². The predicted octanol–water partition coefficient (Wildman–Crippen LogP) is 1.26. The highest BCUT2D eigenvalue weighted by atomic mass is 16.4. The van der Waals surface area contributed by atoms with Gasteiger partial charge in [0.05, 0.1) is 19.6 Å². The first-order chi connectivity index (χ1) is 23.5. The quantitative estimate of drug-likeness (QED) is 0.106. The fourth-order valence-electron chi connectivity index (χ4n) is 5.78. The second-order valence-electron chi connectivity index (χ2n) is 12.1. The van der Waals surface area contributed by atoms with Gasteiger partial charge >= 0.3 is 17.9 Å². The van der Waals surface area contributed by atoms with E-state index in [9.17, 15) is 44.1 Å². The van der Waals surface area contributed by atoms with E-state index in [0.717, 1.165) is 17.4 Å². The summed E-state index contributed by atoms with van der Waals surface area (Å²) in [4.78, 5) is 78.8. The molecule has 2 aromatic rings. The van der Waals surface area contributed by atoms with Gasteiger partial charge < -0.3 is 25.4 Å². The molecule has 1 amide bonds. The third-order valence-electron chi connectivity index (χ3n) is 8.52. The first-order valence-corrected chi connectivity index (χ1v) is 16.5. The summed E-state index contributed by atoms with van der Waals surface area (Å²) in [5.41, 5.74) is 2.55. The Kier molecular flexibility index (Phi) is 16.5. The minimum Gasteiger partial charge on any atom is -0.480 e. The van der Waals surface area contributed by atoms with Crippen molar-refractivity contribution in [2.75, 3.05) is 78.5 Å². The van der Waals surface area contributed by atoms with Gasteiger partial charge in [0.2, 0.25) is 5.91 Å².